The van der Waals surface area contributed by atoms with Crippen molar-refractivity contribution in [1.29, 1.82) is 0 Å². The van der Waals surface area contributed by atoms with E-state index in [1.54, 1.807) is 0 Å². The molecule has 0 aliphatic carbocycles. The second kappa shape index (κ2) is 7.16. The molecule has 0 aromatic rings. The van der Waals surface area contributed by atoms with Crippen LogP contribution in [0.25, 0.3) is 0 Å². The molecule has 18 heavy (non-hydrogen) atoms. The molecule has 0 saturated carbocycles. The van der Waals surface area contributed by atoms with Crippen molar-refractivity contribution in [3.63, 3.8) is 0 Å². The highest BCUT2D eigenvalue weighted by Gasteiger charge is 2.15. The van der Waals surface area contributed by atoms with Crippen LogP contribution in [0.5, 0.6) is 0 Å². The van der Waals surface area contributed by atoms with Crippen LogP contribution >= 0.6 is 0 Å². The smallest absolute Gasteiger partial charge is 0.331 e. The van der Waals surface area contributed by atoms with Gasteiger partial charge in [-0.25, -0.2) is 4.79 Å². The third kappa shape index (κ3) is 4.49. The number of ether oxygens (including phenoxy) is 1. The van der Waals surface area contributed by atoms with E-state index in [9.17, 15) is 9.59 Å². The van der Waals surface area contributed by atoms with E-state index in [1.807, 2.05) is 0 Å². The van der Waals surface area contributed by atoms with Gasteiger partial charge >= 0.3 is 5.97 Å². The monoisotopic (exact) mass is 255 g/mol. The van der Waals surface area contributed by atoms with Crippen molar-refractivity contribution < 1.29 is 19.4 Å². The Labute approximate surface area is 107 Å². The molecule has 1 unspecified atom stereocenters. The first-order valence-electron chi connectivity index (χ1n) is 6.33. The number of carboxylic acids is 1. The van der Waals surface area contributed by atoms with Crippen molar-refractivity contribution >= 4 is 11.9 Å². The van der Waals surface area contributed by atoms with Crippen molar-refractivity contribution in [2.45, 2.75) is 45.6 Å². The highest BCUT2D eigenvalue weighted by molar-refractivity contribution is 6.01. The van der Waals surface area contributed by atoms with Crippen LogP contribution in [0.3, 0.4) is 0 Å². The van der Waals surface area contributed by atoms with Gasteiger partial charge in [0.15, 0.2) is 0 Å². The molecule has 2 N–H and O–H groups in total. The number of hydrogen-bond donors (Lipinski definition) is 2. The Balaban J connectivity index is 2.32. The number of hydrogen-bond acceptors (Lipinski definition) is 3. The predicted molar refractivity (Wildman–Crippen MR) is 67.2 cm³/mol. The van der Waals surface area contributed by atoms with Crippen LogP contribution in [0.4, 0.5) is 0 Å². The maximum absolute atomic E-state index is 11.7. The fraction of sp³-hybridized carbons (Fsp3) is 0.692. The van der Waals surface area contributed by atoms with E-state index < -0.39 is 5.97 Å². The molecule has 5 nitrogen and oxygen atoms in total. The molecule has 1 saturated heterocycles. The molecule has 1 heterocycles. The molecule has 0 bridgehead atoms. The molecule has 0 radical (unpaired) electrons. The van der Waals surface area contributed by atoms with E-state index in [4.69, 9.17) is 9.84 Å². The lowest BCUT2D eigenvalue weighted by Gasteiger charge is -2.22. The Kier molecular flexibility index (Phi) is 5.85. The Morgan fingerprint density at radius 1 is 1.28 bits per heavy atom. The number of carboxylic acid groups (broad SMARTS) is 1. The summed E-state index contributed by atoms with van der Waals surface area (Å²) in [5, 5.41) is 11.5. The van der Waals surface area contributed by atoms with E-state index in [0.717, 1.165) is 25.9 Å². The van der Waals surface area contributed by atoms with Gasteiger partial charge in [-0.2, -0.15) is 0 Å². The lowest BCUT2D eigenvalue weighted by molar-refractivity contribution is -0.133. The number of carbonyl (C=O) groups excluding carboxylic acids is 1. The average molecular weight is 255 g/mol. The SMILES string of the molecule is CC(C(=O)O)=C(C)C(=O)NCCC1CCCCO1. The first kappa shape index (κ1) is 14.7. The van der Waals surface area contributed by atoms with Gasteiger partial charge in [-0.15, -0.1) is 0 Å². The van der Waals surface area contributed by atoms with E-state index in [2.05, 4.69) is 5.32 Å². The van der Waals surface area contributed by atoms with Gasteiger partial charge in [0.25, 0.3) is 0 Å². The van der Waals surface area contributed by atoms with Crippen LogP contribution in [0, 0.1) is 0 Å². The van der Waals surface area contributed by atoms with Gasteiger partial charge < -0.3 is 15.2 Å². The van der Waals surface area contributed by atoms with Gasteiger partial charge in [0.2, 0.25) is 5.91 Å². The average Bonchev–Trinajstić information content (AvgIpc) is 2.38. The van der Waals surface area contributed by atoms with E-state index in [0.29, 0.717) is 6.54 Å². The summed E-state index contributed by atoms with van der Waals surface area (Å²) in [7, 11) is 0. The maximum Gasteiger partial charge on any atom is 0.331 e. The third-order valence-electron chi connectivity index (χ3n) is 3.25. The van der Waals surface area contributed by atoms with Gasteiger partial charge in [0.05, 0.1) is 6.10 Å². The fourth-order valence-electron chi connectivity index (χ4n) is 1.85. The quantitative estimate of drug-likeness (QED) is 0.730. The minimum absolute atomic E-state index is 0.0846. The summed E-state index contributed by atoms with van der Waals surface area (Å²) in [5.74, 6) is -1.37. The van der Waals surface area contributed by atoms with Gasteiger partial charge in [0.1, 0.15) is 0 Å². The molecule has 5 heteroatoms. The molecule has 1 rings (SSSR count). The molecular formula is C13H21NO4. The molecule has 1 fully saturated rings. The zero-order chi connectivity index (χ0) is 13.5. The summed E-state index contributed by atoms with van der Waals surface area (Å²) in [6, 6.07) is 0. The zero-order valence-corrected chi connectivity index (χ0v) is 11.0. The normalized spacial score (nSPS) is 21.1. The van der Waals surface area contributed by atoms with Crippen LogP contribution in [-0.2, 0) is 14.3 Å². The topological polar surface area (TPSA) is 75.6 Å². The minimum Gasteiger partial charge on any atom is -0.478 e. The predicted octanol–water partition coefficient (Wildman–Crippen LogP) is 1.48. The van der Waals surface area contributed by atoms with Crippen LogP contribution in [0.15, 0.2) is 11.1 Å². The number of carbonyl (C=O) groups is 2. The summed E-state index contributed by atoms with van der Waals surface area (Å²) in [4.78, 5) is 22.4. The van der Waals surface area contributed by atoms with Crippen LogP contribution in [0.2, 0.25) is 0 Å². The Morgan fingerprint density at radius 3 is 2.56 bits per heavy atom. The third-order valence-corrected chi connectivity index (χ3v) is 3.25. The Morgan fingerprint density at radius 2 is 2.00 bits per heavy atom. The van der Waals surface area contributed by atoms with Crippen LogP contribution in [0.1, 0.15) is 39.5 Å². The summed E-state index contributed by atoms with van der Waals surface area (Å²) in [5.41, 5.74) is 0.341. The van der Waals surface area contributed by atoms with E-state index >= 15 is 0 Å². The van der Waals surface area contributed by atoms with E-state index in [-0.39, 0.29) is 23.2 Å². The van der Waals surface area contributed by atoms with Crippen molar-refractivity contribution in [1.82, 2.24) is 5.32 Å². The molecule has 1 amide bonds. The van der Waals surface area contributed by atoms with E-state index in [1.165, 1.54) is 20.3 Å². The van der Waals surface area contributed by atoms with Gasteiger partial charge in [0, 0.05) is 24.3 Å². The lowest BCUT2D eigenvalue weighted by atomic mass is 10.1. The van der Waals surface area contributed by atoms with Crippen LogP contribution in [-0.4, -0.2) is 36.2 Å². The minimum atomic E-state index is -1.06. The largest absolute Gasteiger partial charge is 0.478 e. The van der Waals surface area contributed by atoms with Gasteiger partial charge in [-0.3, -0.25) is 4.79 Å². The van der Waals surface area contributed by atoms with Gasteiger partial charge in [-0.05, 0) is 39.5 Å². The zero-order valence-electron chi connectivity index (χ0n) is 11.0. The second-order valence-electron chi connectivity index (χ2n) is 4.59. The molecule has 0 spiro atoms. The molecule has 1 aliphatic rings. The standard InChI is InChI=1S/C13H21NO4/c1-9(10(2)13(16)17)12(15)14-7-6-11-5-3-4-8-18-11/h11H,3-8H2,1-2H3,(H,14,15)(H,16,17). The van der Waals surface area contributed by atoms with Crippen molar-refractivity contribution in [2.24, 2.45) is 0 Å². The highest BCUT2D eigenvalue weighted by atomic mass is 16.5. The molecule has 0 aromatic heterocycles. The fourth-order valence-corrected chi connectivity index (χ4v) is 1.85. The Bertz CT molecular complexity index is 343. The molecule has 1 atom stereocenters. The molecule has 1 aliphatic heterocycles. The number of aliphatic carboxylic acids is 1. The van der Waals surface area contributed by atoms with Gasteiger partial charge in [-0.1, -0.05) is 0 Å². The lowest BCUT2D eigenvalue weighted by Crippen LogP contribution is -2.30. The molecular weight excluding hydrogens is 234 g/mol. The second-order valence-corrected chi connectivity index (χ2v) is 4.59. The molecule has 102 valence electrons. The van der Waals surface area contributed by atoms with Crippen molar-refractivity contribution in [3.8, 4) is 0 Å². The van der Waals surface area contributed by atoms with Crippen molar-refractivity contribution in [2.75, 3.05) is 13.2 Å². The first-order chi connectivity index (χ1) is 8.52. The summed E-state index contributed by atoms with van der Waals surface area (Å²) in [6.07, 6.45) is 4.34. The number of nitrogens with one attached hydrogen (secondary N) is 1. The summed E-state index contributed by atoms with van der Waals surface area (Å²) < 4.78 is 5.55. The summed E-state index contributed by atoms with van der Waals surface area (Å²) in [6.45, 7) is 4.28. The van der Waals surface area contributed by atoms with Crippen molar-refractivity contribution in [3.05, 3.63) is 11.1 Å². The van der Waals surface area contributed by atoms with Crippen LogP contribution < -0.4 is 5.32 Å². The molecule has 0 aromatic carbocycles. The number of rotatable bonds is 5. The highest BCUT2D eigenvalue weighted by Crippen LogP contribution is 2.14. The summed E-state index contributed by atoms with van der Waals surface area (Å²) >= 11 is 0. The number of amides is 1. The maximum atomic E-state index is 11.7. The Hall–Kier alpha value is -1.36. The first-order valence-corrected chi connectivity index (χ1v) is 6.33.